The van der Waals surface area contributed by atoms with Crippen LogP contribution in [0.1, 0.15) is 17.7 Å². The third kappa shape index (κ3) is 5.15. The first-order valence-corrected chi connectivity index (χ1v) is 19.3. The Hall–Kier alpha value is -7.57. The van der Waals surface area contributed by atoms with Gasteiger partial charge in [-0.1, -0.05) is 103 Å². The predicted octanol–water partition coefficient (Wildman–Crippen LogP) is 13.2. The van der Waals surface area contributed by atoms with E-state index >= 15 is 0 Å². The highest BCUT2D eigenvalue weighted by molar-refractivity contribution is 6.07. The Balaban J connectivity index is 0.999. The van der Waals surface area contributed by atoms with Gasteiger partial charge in [0.25, 0.3) is 0 Å². The maximum atomic E-state index is 6.29. The molecule has 0 fully saturated rings. The van der Waals surface area contributed by atoms with E-state index in [-0.39, 0.29) is 0 Å². The van der Waals surface area contributed by atoms with E-state index in [9.17, 15) is 0 Å². The Morgan fingerprint density at radius 1 is 0.421 bits per heavy atom. The van der Waals surface area contributed by atoms with Gasteiger partial charge in [-0.05, 0) is 96.3 Å². The number of furan rings is 2. The van der Waals surface area contributed by atoms with Gasteiger partial charge < -0.3 is 13.4 Å². The minimum absolute atomic E-state index is 0.562. The minimum Gasteiger partial charge on any atom is -0.456 e. The van der Waals surface area contributed by atoms with Crippen LogP contribution in [0, 0.1) is 0 Å². The summed E-state index contributed by atoms with van der Waals surface area (Å²) in [5.74, 6) is 1.71. The predicted molar refractivity (Wildman–Crippen MR) is 230 cm³/mol. The lowest BCUT2D eigenvalue weighted by Crippen LogP contribution is -2.01. The van der Waals surface area contributed by atoms with Crippen LogP contribution in [0.25, 0.3) is 112 Å². The van der Waals surface area contributed by atoms with Crippen molar-refractivity contribution in [1.29, 1.82) is 0 Å². The molecule has 1 aliphatic rings. The summed E-state index contributed by atoms with van der Waals surface area (Å²) < 4.78 is 15.0. The van der Waals surface area contributed by atoms with Gasteiger partial charge in [-0.25, -0.2) is 15.0 Å². The smallest absolute Gasteiger partial charge is 0.164 e. The number of aromatic nitrogens is 4. The van der Waals surface area contributed by atoms with Crippen molar-refractivity contribution in [2.45, 2.75) is 12.8 Å². The normalized spacial score (nSPS) is 12.7. The zero-order chi connectivity index (χ0) is 37.5. The molecule has 0 radical (unpaired) electrons. The van der Waals surface area contributed by atoms with Crippen LogP contribution in [-0.4, -0.2) is 19.5 Å². The summed E-state index contributed by atoms with van der Waals surface area (Å²) in [4.78, 5) is 15.4. The van der Waals surface area contributed by atoms with Crippen molar-refractivity contribution in [3.8, 4) is 51.0 Å². The van der Waals surface area contributed by atoms with E-state index in [0.29, 0.717) is 17.5 Å². The van der Waals surface area contributed by atoms with E-state index in [1.165, 1.54) is 22.2 Å². The molecule has 0 saturated carbocycles. The largest absolute Gasteiger partial charge is 0.456 e. The molecule has 0 spiro atoms. The monoisotopic (exact) mass is 732 g/mol. The molecular formula is C51H32N4O2. The molecule has 7 aromatic carbocycles. The number of nitrogens with zero attached hydrogens (tertiary/aromatic N) is 4. The number of hydrogen-bond acceptors (Lipinski definition) is 5. The van der Waals surface area contributed by atoms with Gasteiger partial charge in [-0.3, -0.25) is 0 Å². The van der Waals surface area contributed by atoms with Crippen molar-refractivity contribution in [3.63, 3.8) is 0 Å². The third-order valence-corrected chi connectivity index (χ3v) is 11.3. The Bertz CT molecular complexity index is 3310. The summed E-state index contributed by atoms with van der Waals surface area (Å²) in [6.07, 6.45) is 6.68. The zero-order valence-corrected chi connectivity index (χ0v) is 30.7. The highest BCUT2D eigenvalue weighted by Crippen LogP contribution is 2.37. The summed E-state index contributed by atoms with van der Waals surface area (Å²) in [5, 5.41) is 5.59. The average Bonchev–Trinajstić information content (AvgIpc) is 3.95. The van der Waals surface area contributed by atoms with Crippen LogP contribution < -0.4 is 0 Å². The number of fused-ring (bicyclic) bond motifs is 9. The molecule has 0 aliphatic heterocycles. The van der Waals surface area contributed by atoms with Gasteiger partial charge in [-0.2, -0.15) is 0 Å². The Labute approximate surface area is 327 Å². The molecule has 0 N–H and O–H groups in total. The fourth-order valence-corrected chi connectivity index (χ4v) is 8.62. The lowest BCUT2D eigenvalue weighted by atomic mass is 10.0. The highest BCUT2D eigenvalue weighted by Gasteiger charge is 2.20. The Morgan fingerprint density at radius 2 is 0.947 bits per heavy atom. The number of benzene rings is 7. The number of rotatable bonds is 5. The summed E-state index contributed by atoms with van der Waals surface area (Å²) in [7, 11) is 0. The van der Waals surface area contributed by atoms with Crippen LogP contribution in [0.5, 0.6) is 0 Å². The van der Waals surface area contributed by atoms with Crippen LogP contribution in [0.2, 0.25) is 0 Å². The second kappa shape index (κ2) is 12.5. The first kappa shape index (κ1) is 31.7. The van der Waals surface area contributed by atoms with Crippen LogP contribution in [0.4, 0.5) is 0 Å². The molecule has 57 heavy (non-hydrogen) atoms. The summed E-state index contributed by atoms with van der Waals surface area (Å²) in [5.41, 5.74) is 13.1. The standard InChI is InChI=1S/C51H32N4O2/c1-5-19-43-37(15-1)38-16-2-6-20-44(38)55(43)36-14-10-12-32(28-36)31-11-9-13-33(27-31)49-52-50(34-23-25-41-39-17-3-7-21-45(39)56-47(41)29-34)54-51(53-49)35-24-26-42-40-18-4-8-22-46(40)57-48(42)30-35/h1,3-15,17-30H,2,16H2. The summed E-state index contributed by atoms with van der Waals surface area (Å²) in [6.45, 7) is 0. The van der Waals surface area contributed by atoms with E-state index < -0.39 is 0 Å². The van der Waals surface area contributed by atoms with E-state index in [2.05, 4.69) is 126 Å². The van der Waals surface area contributed by atoms with Gasteiger partial charge in [0.05, 0.1) is 5.52 Å². The molecule has 6 nitrogen and oxygen atoms in total. The molecule has 4 aromatic heterocycles. The van der Waals surface area contributed by atoms with Crippen LogP contribution in [-0.2, 0) is 6.42 Å². The average molecular weight is 733 g/mol. The van der Waals surface area contributed by atoms with Gasteiger partial charge in [0.2, 0.25) is 0 Å². The van der Waals surface area contributed by atoms with Crippen LogP contribution >= 0.6 is 0 Å². The second-order valence-corrected chi connectivity index (χ2v) is 14.7. The molecule has 0 atom stereocenters. The minimum atomic E-state index is 0.562. The molecule has 11 aromatic rings. The van der Waals surface area contributed by atoms with Crippen molar-refractivity contribution >= 4 is 60.9 Å². The third-order valence-electron chi connectivity index (χ3n) is 11.3. The second-order valence-electron chi connectivity index (χ2n) is 14.7. The molecule has 0 saturated heterocycles. The SMILES string of the molecule is C1=Cc2c(c3ccccc3n2-c2cccc(-c3cccc(-c4nc(-c5ccc6c(c5)oc5ccccc56)nc(-c5ccc6c(c5)oc5ccccc56)n4)c3)c2)CC1. The van der Waals surface area contributed by atoms with Gasteiger partial charge in [0.1, 0.15) is 22.3 Å². The number of hydrogen-bond donors (Lipinski definition) is 0. The van der Waals surface area contributed by atoms with Gasteiger partial charge in [-0.15, -0.1) is 0 Å². The molecule has 0 unspecified atom stereocenters. The highest BCUT2D eigenvalue weighted by atomic mass is 16.3. The quantitative estimate of drug-likeness (QED) is 0.176. The van der Waals surface area contributed by atoms with Crippen molar-refractivity contribution in [2.75, 3.05) is 0 Å². The molecule has 12 rings (SSSR count). The van der Waals surface area contributed by atoms with Crippen molar-refractivity contribution < 1.29 is 8.83 Å². The van der Waals surface area contributed by atoms with E-state index in [4.69, 9.17) is 23.8 Å². The number of allylic oxidation sites excluding steroid dienone is 1. The molecule has 0 amide bonds. The summed E-state index contributed by atoms with van der Waals surface area (Å²) in [6, 6.07) is 54.6. The van der Waals surface area contributed by atoms with E-state index in [0.717, 1.165) is 90.2 Å². The van der Waals surface area contributed by atoms with Crippen molar-refractivity contribution in [1.82, 2.24) is 19.5 Å². The zero-order valence-electron chi connectivity index (χ0n) is 30.7. The molecular weight excluding hydrogens is 701 g/mol. The molecule has 0 bridgehead atoms. The molecule has 4 heterocycles. The molecule has 1 aliphatic carbocycles. The van der Waals surface area contributed by atoms with E-state index in [1.807, 2.05) is 48.5 Å². The molecule has 268 valence electrons. The van der Waals surface area contributed by atoms with Gasteiger partial charge >= 0.3 is 0 Å². The first-order chi connectivity index (χ1) is 28.2. The van der Waals surface area contributed by atoms with Crippen molar-refractivity contribution in [3.05, 3.63) is 175 Å². The number of aryl methyl sites for hydroxylation is 1. The topological polar surface area (TPSA) is 69.9 Å². The van der Waals surface area contributed by atoms with Gasteiger partial charge in [0, 0.05) is 55.0 Å². The maximum Gasteiger partial charge on any atom is 0.164 e. The fraction of sp³-hybridized carbons (Fsp3) is 0.0392. The lowest BCUT2D eigenvalue weighted by molar-refractivity contribution is 0.668. The fourth-order valence-electron chi connectivity index (χ4n) is 8.62. The Kier molecular flexibility index (Phi) is 6.95. The van der Waals surface area contributed by atoms with Crippen LogP contribution in [0.3, 0.4) is 0 Å². The van der Waals surface area contributed by atoms with Crippen molar-refractivity contribution in [2.24, 2.45) is 0 Å². The molecule has 6 heteroatoms. The van der Waals surface area contributed by atoms with Gasteiger partial charge in [0.15, 0.2) is 17.5 Å². The Morgan fingerprint density at radius 3 is 1.61 bits per heavy atom. The first-order valence-electron chi connectivity index (χ1n) is 19.3. The van der Waals surface area contributed by atoms with Crippen LogP contribution in [0.15, 0.2) is 173 Å². The maximum absolute atomic E-state index is 6.29. The summed E-state index contributed by atoms with van der Waals surface area (Å²) >= 11 is 0. The number of para-hydroxylation sites is 3. The van der Waals surface area contributed by atoms with E-state index in [1.54, 1.807) is 0 Å². The lowest BCUT2D eigenvalue weighted by Gasteiger charge is -2.14.